The molecule has 2 N–H and O–H groups in total. The zero-order valence-corrected chi connectivity index (χ0v) is 10.9. The normalized spacial score (nSPS) is 11.6. The van der Waals surface area contributed by atoms with Crippen molar-refractivity contribution in [2.24, 2.45) is 0 Å². The van der Waals surface area contributed by atoms with Crippen LogP contribution in [0.4, 0.5) is 14.5 Å². The monoisotopic (exact) mass is 313 g/mol. The first kappa shape index (κ1) is 13.5. The van der Waals surface area contributed by atoms with Crippen LogP contribution in [0.15, 0.2) is 16.6 Å². The van der Waals surface area contributed by atoms with Gasteiger partial charge in [0.2, 0.25) is 0 Å². The molecule has 0 heterocycles. The molecule has 1 aromatic rings. The zero-order chi connectivity index (χ0) is 12.3. The Hall–Kier alpha value is -0.550. The number of benzene rings is 1. The van der Waals surface area contributed by atoms with Gasteiger partial charge < -0.3 is 10.5 Å². The van der Waals surface area contributed by atoms with E-state index in [1.807, 2.05) is 0 Å². The lowest BCUT2D eigenvalue weighted by Crippen LogP contribution is -2.10. The average molecular weight is 315 g/mol. The van der Waals surface area contributed by atoms with Crippen LogP contribution in [0.2, 0.25) is 0 Å². The van der Waals surface area contributed by atoms with Crippen LogP contribution < -0.4 is 10.5 Å². The van der Waals surface area contributed by atoms with E-state index >= 15 is 0 Å². The van der Waals surface area contributed by atoms with Crippen molar-refractivity contribution in [2.45, 2.75) is 12.8 Å². The summed E-state index contributed by atoms with van der Waals surface area (Å²) in [5.41, 5.74) is 5.61. The maximum atomic E-state index is 13.1. The second-order valence-electron chi connectivity index (χ2n) is 3.30. The van der Waals surface area contributed by atoms with Crippen LogP contribution in [0, 0.1) is 0 Å². The highest BCUT2D eigenvalue weighted by Crippen LogP contribution is 2.38. The van der Waals surface area contributed by atoms with Crippen molar-refractivity contribution in [3.05, 3.63) is 22.2 Å². The van der Waals surface area contributed by atoms with Crippen LogP contribution in [0.25, 0.3) is 0 Å². The summed E-state index contributed by atoms with van der Waals surface area (Å²) in [6.07, 6.45) is 0. The molecule has 0 aromatic heterocycles. The highest BCUT2D eigenvalue weighted by molar-refractivity contribution is 9.10. The van der Waals surface area contributed by atoms with Gasteiger partial charge in [0, 0.05) is 17.0 Å². The SMILES string of the molecule is CC(F)(F)c1cc(N)c(OCCCl)cc1Br. The Morgan fingerprint density at radius 3 is 2.62 bits per heavy atom. The van der Waals surface area contributed by atoms with Gasteiger partial charge in [-0.2, -0.15) is 0 Å². The maximum absolute atomic E-state index is 13.1. The quantitative estimate of drug-likeness (QED) is 0.678. The highest BCUT2D eigenvalue weighted by Gasteiger charge is 2.28. The highest BCUT2D eigenvalue weighted by atomic mass is 79.9. The van der Waals surface area contributed by atoms with Crippen molar-refractivity contribution < 1.29 is 13.5 Å². The molecule has 0 aliphatic carbocycles. The van der Waals surface area contributed by atoms with Gasteiger partial charge in [-0.1, -0.05) is 15.9 Å². The van der Waals surface area contributed by atoms with Gasteiger partial charge in [0.05, 0.1) is 11.6 Å². The predicted molar refractivity (Wildman–Crippen MR) is 64.3 cm³/mol. The topological polar surface area (TPSA) is 35.2 Å². The minimum atomic E-state index is -2.95. The number of nitrogens with two attached hydrogens (primary N) is 1. The van der Waals surface area contributed by atoms with Crippen molar-refractivity contribution in [3.8, 4) is 5.75 Å². The third-order valence-corrected chi connectivity index (χ3v) is 2.72. The molecule has 1 rings (SSSR count). The summed E-state index contributed by atoms with van der Waals surface area (Å²) in [4.78, 5) is 0. The molecule has 0 saturated carbocycles. The van der Waals surface area contributed by atoms with Gasteiger partial charge >= 0.3 is 0 Å². The van der Waals surface area contributed by atoms with Crippen LogP contribution >= 0.6 is 27.5 Å². The molecule has 90 valence electrons. The van der Waals surface area contributed by atoms with Crippen LogP contribution in [0.3, 0.4) is 0 Å². The summed E-state index contributed by atoms with van der Waals surface area (Å²) in [5.74, 6) is -2.29. The summed E-state index contributed by atoms with van der Waals surface area (Å²) in [6.45, 7) is 1.09. The number of hydrogen-bond acceptors (Lipinski definition) is 2. The average Bonchev–Trinajstić information content (AvgIpc) is 2.17. The van der Waals surface area contributed by atoms with Crippen LogP contribution in [0.1, 0.15) is 12.5 Å². The molecule has 0 aliphatic rings. The lowest BCUT2D eigenvalue weighted by atomic mass is 10.1. The van der Waals surface area contributed by atoms with E-state index in [1.54, 1.807) is 0 Å². The molecule has 1 aromatic carbocycles. The number of rotatable bonds is 4. The largest absolute Gasteiger partial charge is 0.490 e. The molecule has 0 unspecified atom stereocenters. The molecular weight excluding hydrogens is 303 g/mol. The first-order valence-corrected chi connectivity index (χ1v) is 5.85. The number of alkyl halides is 3. The zero-order valence-electron chi connectivity index (χ0n) is 8.57. The third kappa shape index (κ3) is 3.22. The maximum Gasteiger partial charge on any atom is 0.271 e. The van der Waals surface area contributed by atoms with Gasteiger partial charge in [-0.25, -0.2) is 8.78 Å². The van der Waals surface area contributed by atoms with Gasteiger partial charge in [0.15, 0.2) is 0 Å². The van der Waals surface area contributed by atoms with Crippen molar-refractivity contribution in [1.29, 1.82) is 0 Å². The molecular formula is C10H11BrClF2NO. The molecule has 0 radical (unpaired) electrons. The van der Waals surface area contributed by atoms with E-state index in [4.69, 9.17) is 22.1 Å². The Balaban J connectivity index is 3.07. The Bertz CT molecular complexity index is 382. The van der Waals surface area contributed by atoms with E-state index in [9.17, 15) is 8.78 Å². The van der Waals surface area contributed by atoms with Crippen molar-refractivity contribution in [1.82, 2.24) is 0 Å². The number of halogens is 4. The van der Waals surface area contributed by atoms with Crippen LogP contribution in [-0.2, 0) is 5.92 Å². The molecule has 2 nitrogen and oxygen atoms in total. The standard InChI is InChI=1S/C10H11BrClF2NO/c1-10(13,14)6-4-8(15)9(5-7(6)11)16-3-2-12/h4-5H,2-3,15H2,1H3. The minimum Gasteiger partial charge on any atom is -0.490 e. The number of hydrogen-bond donors (Lipinski definition) is 1. The molecule has 0 atom stereocenters. The third-order valence-electron chi connectivity index (χ3n) is 1.91. The Morgan fingerprint density at radius 1 is 1.50 bits per heavy atom. The van der Waals surface area contributed by atoms with Crippen molar-refractivity contribution >= 4 is 33.2 Å². The summed E-state index contributed by atoms with van der Waals surface area (Å²) in [6, 6.07) is 2.63. The molecule has 0 spiro atoms. The molecule has 0 amide bonds. The number of anilines is 1. The van der Waals surface area contributed by atoms with Crippen molar-refractivity contribution in [3.63, 3.8) is 0 Å². The van der Waals surface area contributed by atoms with E-state index in [0.29, 0.717) is 11.6 Å². The van der Waals surface area contributed by atoms with E-state index in [0.717, 1.165) is 6.92 Å². The van der Waals surface area contributed by atoms with E-state index < -0.39 is 5.92 Å². The van der Waals surface area contributed by atoms with Gasteiger partial charge in [-0.15, -0.1) is 11.6 Å². The fraction of sp³-hybridized carbons (Fsp3) is 0.400. The Morgan fingerprint density at radius 2 is 2.12 bits per heavy atom. The molecule has 0 aliphatic heterocycles. The molecule has 0 fully saturated rings. The summed E-state index contributed by atoms with van der Waals surface area (Å²) in [5, 5.41) is 0. The van der Waals surface area contributed by atoms with Crippen LogP contribution in [0.5, 0.6) is 5.75 Å². The summed E-state index contributed by atoms with van der Waals surface area (Å²) >= 11 is 8.51. The smallest absolute Gasteiger partial charge is 0.271 e. The summed E-state index contributed by atoms with van der Waals surface area (Å²) < 4.78 is 31.7. The van der Waals surface area contributed by atoms with Gasteiger partial charge in [-0.05, 0) is 12.1 Å². The van der Waals surface area contributed by atoms with E-state index in [1.165, 1.54) is 12.1 Å². The first-order valence-electron chi connectivity index (χ1n) is 4.52. The second-order valence-corrected chi connectivity index (χ2v) is 4.53. The van der Waals surface area contributed by atoms with Gasteiger partial charge in [-0.3, -0.25) is 0 Å². The molecule has 16 heavy (non-hydrogen) atoms. The minimum absolute atomic E-state index is 0.164. The second kappa shape index (κ2) is 5.19. The fourth-order valence-corrected chi connectivity index (χ4v) is 1.93. The molecule has 0 saturated heterocycles. The fourth-order valence-electron chi connectivity index (χ4n) is 1.18. The molecule has 0 bridgehead atoms. The number of nitrogen functional groups attached to an aromatic ring is 1. The van der Waals surface area contributed by atoms with Gasteiger partial charge in [0.25, 0.3) is 5.92 Å². The van der Waals surface area contributed by atoms with E-state index in [2.05, 4.69) is 15.9 Å². The Labute approximate surface area is 106 Å². The van der Waals surface area contributed by atoms with E-state index in [-0.39, 0.29) is 22.3 Å². The van der Waals surface area contributed by atoms with Crippen molar-refractivity contribution in [2.75, 3.05) is 18.2 Å². The first-order chi connectivity index (χ1) is 7.36. The summed E-state index contributed by atoms with van der Waals surface area (Å²) in [7, 11) is 0. The Kier molecular flexibility index (Phi) is 4.38. The van der Waals surface area contributed by atoms with Crippen LogP contribution in [-0.4, -0.2) is 12.5 Å². The van der Waals surface area contributed by atoms with Gasteiger partial charge in [0.1, 0.15) is 12.4 Å². The molecule has 6 heteroatoms. The predicted octanol–water partition coefficient (Wildman–Crippen LogP) is 3.76. The lowest BCUT2D eigenvalue weighted by Gasteiger charge is -2.16. The lowest BCUT2D eigenvalue weighted by molar-refractivity contribution is 0.0167. The number of ether oxygens (including phenoxy) is 1.